The second-order valence-corrected chi connectivity index (χ2v) is 11.5. The van der Waals surface area contributed by atoms with Crippen molar-refractivity contribution in [3.63, 3.8) is 0 Å². The minimum absolute atomic E-state index is 0.0437. The zero-order valence-corrected chi connectivity index (χ0v) is 24.3. The predicted molar refractivity (Wildman–Crippen MR) is 149 cm³/mol. The number of aromatic nitrogens is 5. The highest BCUT2D eigenvalue weighted by Crippen LogP contribution is 2.39. The van der Waals surface area contributed by atoms with Crippen LogP contribution in [-0.2, 0) is 27.9 Å². The van der Waals surface area contributed by atoms with E-state index >= 15 is 0 Å². The molecular weight excluding hydrogens is 582 g/mol. The highest BCUT2D eigenvalue weighted by Gasteiger charge is 2.52. The molecule has 2 aliphatic rings. The van der Waals surface area contributed by atoms with E-state index in [1.807, 2.05) is 0 Å². The molecule has 44 heavy (non-hydrogen) atoms. The van der Waals surface area contributed by atoms with E-state index in [2.05, 4.69) is 15.4 Å². The maximum atomic E-state index is 14.4. The van der Waals surface area contributed by atoms with E-state index in [-0.39, 0.29) is 23.4 Å². The number of aliphatic carboxylic acids is 1. The first-order chi connectivity index (χ1) is 21.0. The number of hydrogen-bond donors (Lipinski definition) is 4. The molecule has 4 N–H and O–H groups in total. The van der Waals surface area contributed by atoms with Gasteiger partial charge in [-0.05, 0) is 38.0 Å². The van der Waals surface area contributed by atoms with Gasteiger partial charge < -0.3 is 30.1 Å². The van der Waals surface area contributed by atoms with Gasteiger partial charge in [-0.3, -0.25) is 14.3 Å². The van der Waals surface area contributed by atoms with Crippen molar-refractivity contribution in [2.24, 2.45) is 13.0 Å². The van der Waals surface area contributed by atoms with Crippen LogP contribution in [0.4, 0.5) is 8.78 Å². The summed E-state index contributed by atoms with van der Waals surface area (Å²) < 4.78 is 37.3. The van der Waals surface area contributed by atoms with Gasteiger partial charge >= 0.3 is 5.97 Å². The van der Waals surface area contributed by atoms with Crippen LogP contribution in [-0.4, -0.2) is 99.0 Å². The highest BCUT2D eigenvalue weighted by atomic mass is 19.1. The lowest BCUT2D eigenvalue weighted by atomic mass is 9.81. The summed E-state index contributed by atoms with van der Waals surface area (Å²) in [5.74, 6) is -4.71. The van der Waals surface area contributed by atoms with Gasteiger partial charge in [-0.15, -0.1) is 5.10 Å². The molecule has 5 rings (SSSR count). The van der Waals surface area contributed by atoms with Gasteiger partial charge in [0.25, 0.3) is 5.91 Å². The van der Waals surface area contributed by atoms with E-state index < -0.39 is 79.0 Å². The first-order valence-electron chi connectivity index (χ1n) is 14.5. The molecule has 238 valence electrons. The van der Waals surface area contributed by atoms with E-state index in [0.29, 0.717) is 18.5 Å². The third-order valence-electron chi connectivity index (χ3n) is 8.74. The van der Waals surface area contributed by atoms with Gasteiger partial charge in [-0.25, -0.2) is 13.5 Å². The van der Waals surface area contributed by atoms with Crippen molar-refractivity contribution in [2.45, 2.75) is 82.1 Å². The first-order valence-corrected chi connectivity index (χ1v) is 14.5. The number of carbonyl (C=O) groups excluding carboxylic acids is 1. The molecule has 1 saturated carbocycles. The molecule has 1 aliphatic carbocycles. The third-order valence-corrected chi connectivity index (χ3v) is 8.74. The van der Waals surface area contributed by atoms with Crippen molar-refractivity contribution in [1.82, 2.24) is 29.7 Å². The largest absolute Gasteiger partial charge is 0.481 e. The van der Waals surface area contributed by atoms with E-state index in [0.717, 1.165) is 29.7 Å². The lowest BCUT2D eigenvalue weighted by molar-refractivity contribution is -0.202. The molecule has 0 radical (unpaired) electrons. The summed E-state index contributed by atoms with van der Waals surface area (Å²) >= 11 is 0. The minimum atomic E-state index is -1.53. The number of aliphatic hydroxyl groups is 3. The molecule has 15 heteroatoms. The number of rotatable bonds is 9. The Bertz CT molecular complexity index is 1480. The number of carbonyl (C=O) groups is 2. The fourth-order valence-electron chi connectivity index (χ4n) is 6.25. The van der Waals surface area contributed by atoms with Gasteiger partial charge in [0.2, 0.25) is 0 Å². The van der Waals surface area contributed by atoms with E-state index in [9.17, 15) is 38.8 Å². The summed E-state index contributed by atoms with van der Waals surface area (Å²) in [6, 6.07) is 2.06. The number of ether oxygens (including phenoxy) is 1. The van der Waals surface area contributed by atoms with Gasteiger partial charge in [-0.1, -0.05) is 18.1 Å². The Labute approximate surface area is 251 Å². The Morgan fingerprint density at radius 1 is 1.16 bits per heavy atom. The Kier molecular flexibility index (Phi) is 9.39. The van der Waals surface area contributed by atoms with Crippen molar-refractivity contribution in [3.05, 3.63) is 53.5 Å². The number of halogens is 2. The molecular formula is C29H36F2N6O7. The van der Waals surface area contributed by atoms with Gasteiger partial charge in [0, 0.05) is 30.3 Å². The van der Waals surface area contributed by atoms with Crippen LogP contribution in [0.5, 0.6) is 0 Å². The van der Waals surface area contributed by atoms with Crippen molar-refractivity contribution in [3.8, 4) is 11.3 Å². The number of benzene rings is 1. The van der Waals surface area contributed by atoms with Gasteiger partial charge in [0.1, 0.15) is 35.6 Å². The fraction of sp³-hybridized carbons (Fsp3) is 0.552. The Hall–Kier alpha value is -3.79. The molecule has 0 spiro atoms. The molecule has 1 amide bonds. The third kappa shape index (κ3) is 6.22. The number of carboxylic acid groups (broad SMARTS) is 1. The summed E-state index contributed by atoms with van der Waals surface area (Å²) in [5.41, 5.74) is 0.597. The molecule has 1 saturated heterocycles. The lowest BCUT2D eigenvalue weighted by Gasteiger charge is -2.46. The van der Waals surface area contributed by atoms with Crippen molar-refractivity contribution >= 4 is 11.9 Å². The lowest BCUT2D eigenvalue weighted by Crippen LogP contribution is -2.60. The second kappa shape index (κ2) is 13.1. The number of carboxylic acids is 1. The maximum absolute atomic E-state index is 14.4. The fourth-order valence-corrected chi connectivity index (χ4v) is 6.25. The molecule has 2 aromatic heterocycles. The molecule has 7 atom stereocenters. The molecule has 2 fully saturated rings. The Balaban J connectivity index is 1.54. The predicted octanol–water partition coefficient (Wildman–Crippen LogP) is 1.35. The van der Waals surface area contributed by atoms with Crippen LogP contribution in [0.2, 0.25) is 0 Å². The first kappa shape index (κ1) is 31.6. The van der Waals surface area contributed by atoms with Crippen LogP contribution in [0, 0.1) is 24.5 Å². The average molecular weight is 619 g/mol. The van der Waals surface area contributed by atoms with Crippen LogP contribution in [0.3, 0.4) is 0 Å². The van der Waals surface area contributed by atoms with Gasteiger partial charge in [0.15, 0.2) is 0 Å². The van der Waals surface area contributed by atoms with Gasteiger partial charge in [-0.2, -0.15) is 5.10 Å². The quantitative estimate of drug-likeness (QED) is 0.274. The monoisotopic (exact) mass is 618 g/mol. The number of hydrogen-bond acceptors (Lipinski definition) is 9. The minimum Gasteiger partial charge on any atom is -0.481 e. The average Bonchev–Trinajstić information content (AvgIpc) is 3.63. The number of aliphatic hydroxyl groups excluding tert-OH is 3. The molecule has 1 aliphatic heterocycles. The summed E-state index contributed by atoms with van der Waals surface area (Å²) in [4.78, 5) is 28.0. The number of aryl methyl sites for hydroxylation is 1. The maximum Gasteiger partial charge on any atom is 0.303 e. The summed E-state index contributed by atoms with van der Waals surface area (Å²) in [6.45, 7) is 0.632. The summed E-state index contributed by atoms with van der Waals surface area (Å²) in [7, 11) is 1.71. The normalized spacial score (nSPS) is 27.3. The molecule has 3 heterocycles. The molecule has 0 unspecified atom stereocenters. The molecule has 1 aromatic carbocycles. The SMILES string of the molecule is Cc1c(F)cc(-c2cn([C@@H]3[C@@H](O)[C@@H](CO)O[C@@H](C(=O)N(Cc4ccnn4C)[C@H]4CCCC[C@@H]4O)[C@@H]3CC(=O)O)nn2)cc1F. The van der Waals surface area contributed by atoms with Gasteiger partial charge in [0.05, 0.1) is 49.7 Å². The Morgan fingerprint density at radius 2 is 1.86 bits per heavy atom. The summed E-state index contributed by atoms with van der Waals surface area (Å²) in [5, 5.41) is 54.4. The van der Waals surface area contributed by atoms with Crippen molar-refractivity contribution < 1.29 is 43.5 Å². The molecule has 0 bridgehead atoms. The van der Waals surface area contributed by atoms with Crippen LogP contribution in [0.1, 0.15) is 49.4 Å². The van der Waals surface area contributed by atoms with E-state index in [1.165, 1.54) is 18.0 Å². The van der Waals surface area contributed by atoms with Crippen molar-refractivity contribution in [1.29, 1.82) is 0 Å². The Morgan fingerprint density at radius 3 is 2.48 bits per heavy atom. The molecule has 13 nitrogen and oxygen atoms in total. The molecule has 3 aromatic rings. The van der Waals surface area contributed by atoms with Crippen LogP contribution in [0.15, 0.2) is 30.6 Å². The smallest absolute Gasteiger partial charge is 0.303 e. The van der Waals surface area contributed by atoms with E-state index in [4.69, 9.17) is 4.74 Å². The van der Waals surface area contributed by atoms with Crippen LogP contribution in [0.25, 0.3) is 11.3 Å². The van der Waals surface area contributed by atoms with Crippen LogP contribution < -0.4 is 0 Å². The topological polar surface area (TPSA) is 176 Å². The van der Waals surface area contributed by atoms with Crippen LogP contribution >= 0.6 is 0 Å². The zero-order chi connectivity index (χ0) is 31.7. The highest BCUT2D eigenvalue weighted by molar-refractivity contribution is 5.83. The summed E-state index contributed by atoms with van der Waals surface area (Å²) in [6.07, 6.45) is -0.359. The second-order valence-electron chi connectivity index (χ2n) is 11.5. The van der Waals surface area contributed by atoms with E-state index in [1.54, 1.807) is 24.0 Å². The van der Waals surface area contributed by atoms with Crippen molar-refractivity contribution in [2.75, 3.05) is 6.61 Å². The zero-order valence-electron chi connectivity index (χ0n) is 24.3. The number of amides is 1. The number of nitrogens with zero attached hydrogens (tertiary/aromatic N) is 6. The standard InChI is InChI=1S/C29H36F2N6O7/c1-15-19(30)9-16(10-20(15)31)21-13-37(34-33-21)26-18(11-25(40)41)28(44-24(14-38)27(26)42)29(43)36(12-17-7-8-32-35(17)2)22-5-3-4-6-23(22)39/h7-10,13,18,22-24,26-28,38-39,42H,3-6,11-12,14H2,1-2H3,(H,40,41)/t18-,22+,23+,24-,26+,27+,28-/m1/s1.